The number of nitrogens with one attached hydrogen (secondary N) is 1. The molecule has 1 heterocycles. The Labute approximate surface area is 149 Å². The normalized spacial score (nSPS) is 18.6. The summed E-state index contributed by atoms with van der Waals surface area (Å²) >= 11 is 0. The highest BCUT2D eigenvalue weighted by atomic mass is 32.2. The molecule has 0 bridgehead atoms. The summed E-state index contributed by atoms with van der Waals surface area (Å²) in [7, 11) is -1.83. The van der Waals surface area contributed by atoms with Crippen LogP contribution in [0.25, 0.3) is 0 Å². The topological polar surface area (TPSA) is 84.9 Å². The van der Waals surface area contributed by atoms with Gasteiger partial charge < -0.3 is 14.8 Å². The number of piperidine rings is 1. The number of sulfonamides is 1. The van der Waals surface area contributed by atoms with E-state index in [0.717, 1.165) is 24.7 Å². The quantitative estimate of drug-likeness (QED) is 0.787. The molecule has 0 unspecified atom stereocenters. The van der Waals surface area contributed by atoms with Crippen molar-refractivity contribution in [2.75, 3.05) is 26.5 Å². The summed E-state index contributed by atoms with van der Waals surface area (Å²) in [5, 5.41) is 2.83. The molecule has 1 aliphatic heterocycles. The van der Waals surface area contributed by atoms with Gasteiger partial charge in [0, 0.05) is 13.1 Å². The lowest BCUT2D eigenvalue weighted by Gasteiger charge is -2.32. The zero-order valence-corrected chi connectivity index (χ0v) is 15.8. The first-order valence-corrected chi connectivity index (χ1v) is 10.3. The van der Waals surface area contributed by atoms with Crippen molar-refractivity contribution in [2.24, 2.45) is 0 Å². The van der Waals surface area contributed by atoms with E-state index in [1.54, 1.807) is 19.2 Å². The minimum absolute atomic E-state index is 0.266. The highest BCUT2D eigenvalue weighted by Crippen LogP contribution is 2.28. The molecule has 1 N–H and O–H groups in total. The van der Waals surface area contributed by atoms with E-state index in [4.69, 9.17) is 9.47 Å². The first-order valence-electron chi connectivity index (χ1n) is 8.41. The molecule has 2 rings (SSSR count). The van der Waals surface area contributed by atoms with Crippen molar-refractivity contribution in [3.8, 4) is 11.5 Å². The van der Waals surface area contributed by atoms with Crippen LogP contribution >= 0.6 is 0 Å². The van der Waals surface area contributed by atoms with E-state index in [0.29, 0.717) is 37.6 Å². The second-order valence-corrected chi connectivity index (χ2v) is 7.96. The molecule has 8 heteroatoms. The van der Waals surface area contributed by atoms with Gasteiger partial charge in [0.15, 0.2) is 11.5 Å². The highest BCUT2D eigenvalue weighted by molar-refractivity contribution is 7.88. The molecule has 1 atom stereocenters. The lowest BCUT2D eigenvalue weighted by atomic mass is 10.0. The van der Waals surface area contributed by atoms with Gasteiger partial charge in [0.05, 0.1) is 20.0 Å². The van der Waals surface area contributed by atoms with Gasteiger partial charge in [-0.1, -0.05) is 12.5 Å². The van der Waals surface area contributed by atoms with Gasteiger partial charge in [-0.15, -0.1) is 0 Å². The van der Waals surface area contributed by atoms with Crippen LogP contribution in [-0.4, -0.2) is 51.2 Å². The molecule has 25 heavy (non-hydrogen) atoms. The Kier molecular flexibility index (Phi) is 6.66. The third kappa shape index (κ3) is 5.09. The van der Waals surface area contributed by atoms with Crippen molar-refractivity contribution < 1.29 is 22.7 Å². The van der Waals surface area contributed by atoms with Gasteiger partial charge in [0.1, 0.15) is 6.04 Å². The van der Waals surface area contributed by atoms with Crippen LogP contribution in [0.4, 0.5) is 0 Å². The smallest absolute Gasteiger partial charge is 0.238 e. The molecule has 1 aromatic carbocycles. The van der Waals surface area contributed by atoms with E-state index in [1.165, 1.54) is 4.31 Å². The SMILES string of the molecule is CCOc1ccc(CNC(=O)[C@@H]2CCCCN2S(C)(=O)=O)cc1OC. The molecule has 0 aromatic heterocycles. The van der Waals surface area contributed by atoms with Crippen LogP contribution in [-0.2, 0) is 21.4 Å². The van der Waals surface area contributed by atoms with Crippen molar-refractivity contribution in [3.63, 3.8) is 0 Å². The standard InChI is InChI=1S/C17H26N2O5S/c1-4-24-15-9-8-13(11-16(15)23-2)12-18-17(20)14-7-5-6-10-19(14)25(3,21)22/h8-9,11,14H,4-7,10,12H2,1-3H3,(H,18,20)/t14-/m0/s1. The van der Waals surface area contributed by atoms with Gasteiger partial charge in [-0.3, -0.25) is 4.79 Å². The van der Waals surface area contributed by atoms with E-state index in [9.17, 15) is 13.2 Å². The Hall–Kier alpha value is -1.80. The Morgan fingerprint density at radius 2 is 2.08 bits per heavy atom. The van der Waals surface area contributed by atoms with Gasteiger partial charge in [-0.05, 0) is 37.5 Å². The van der Waals surface area contributed by atoms with Crippen molar-refractivity contribution in [1.29, 1.82) is 0 Å². The summed E-state index contributed by atoms with van der Waals surface area (Å²) in [6.07, 6.45) is 3.33. The molecule has 7 nitrogen and oxygen atoms in total. The summed E-state index contributed by atoms with van der Waals surface area (Å²) in [6.45, 7) is 3.13. The Bertz CT molecular complexity index is 705. The molecule has 0 saturated carbocycles. The second-order valence-electron chi connectivity index (χ2n) is 6.02. The molecule has 0 radical (unpaired) electrons. The third-order valence-electron chi connectivity index (χ3n) is 4.18. The zero-order chi connectivity index (χ0) is 18.4. The molecule has 0 aliphatic carbocycles. The van der Waals surface area contributed by atoms with Crippen LogP contribution in [0.2, 0.25) is 0 Å². The molecule has 1 amide bonds. The van der Waals surface area contributed by atoms with Crippen LogP contribution in [0, 0.1) is 0 Å². The number of rotatable bonds is 7. The summed E-state index contributed by atoms with van der Waals surface area (Å²) in [5.41, 5.74) is 0.857. The predicted octanol–water partition coefficient (Wildman–Crippen LogP) is 1.52. The first kappa shape index (κ1) is 19.5. The number of hydrogen-bond donors (Lipinski definition) is 1. The van der Waals surface area contributed by atoms with Gasteiger partial charge in [-0.2, -0.15) is 4.31 Å². The number of hydrogen-bond acceptors (Lipinski definition) is 5. The lowest BCUT2D eigenvalue weighted by Crippen LogP contribution is -2.51. The van der Waals surface area contributed by atoms with E-state index in [1.807, 2.05) is 13.0 Å². The number of carbonyl (C=O) groups is 1. The van der Waals surface area contributed by atoms with Crippen molar-refractivity contribution in [1.82, 2.24) is 9.62 Å². The molecular formula is C17H26N2O5S. The van der Waals surface area contributed by atoms with Gasteiger partial charge in [0.25, 0.3) is 0 Å². The summed E-state index contributed by atoms with van der Waals surface area (Å²) in [4.78, 5) is 12.5. The fourth-order valence-electron chi connectivity index (χ4n) is 2.97. The van der Waals surface area contributed by atoms with E-state index < -0.39 is 16.1 Å². The van der Waals surface area contributed by atoms with Crippen LogP contribution in [0.15, 0.2) is 18.2 Å². The summed E-state index contributed by atoms with van der Waals surface area (Å²) in [6, 6.07) is 4.82. The number of ether oxygens (including phenoxy) is 2. The van der Waals surface area contributed by atoms with Crippen molar-refractivity contribution in [2.45, 2.75) is 38.8 Å². The van der Waals surface area contributed by atoms with Gasteiger partial charge in [-0.25, -0.2) is 8.42 Å². The second kappa shape index (κ2) is 8.53. The number of methoxy groups -OCH3 is 1. The number of nitrogens with zero attached hydrogens (tertiary/aromatic N) is 1. The van der Waals surface area contributed by atoms with E-state index in [-0.39, 0.29) is 5.91 Å². The Balaban J connectivity index is 2.03. The molecule has 1 saturated heterocycles. The van der Waals surface area contributed by atoms with E-state index >= 15 is 0 Å². The van der Waals surface area contributed by atoms with Crippen LogP contribution in [0.3, 0.4) is 0 Å². The van der Waals surface area contributed by atoms with Gasteiger partial charge >= 0.3 is 0 Å². The monoisotopic (exact) mass is 370 g/mol. The number of carbonyl (C=O) groups excluding carboxylic acids is 1. The highest BCUT2D eigenvalue weighted by Gasteiger charge is 2.34. The summed E-state index contributed by atoms with van der Waals surface area (Å²) in [5.74, 6) is 0.984. The zero-order valence-electron chi connectivity index (χ0n) is 14.9. The molecule has 0 spiro atoms. The Morgan fingerprint density at radius 1 is 1.32 bits per heavy atom. The third-order valence-corrected chi connectivity index (χ3v) is 5.47. The maximum absolute atomic E-state index is 12.5. The maximum Gasteiger partial charge on any atom is 0.238 e. The molecular weight excluding hydrogens is 344 g/mol. The number of amides is 1. The van der Waals surface area contributed by atoms with Gasteiger partial charge in [0.2, 0.25) is 15.9 Å². The average molecular weight is 370 g/mol. The molecule has 1 aromatic rings. The summed E-state index contributed by atoms with van der Waals surface area (Å²) < 4.78 is 35.8. The minimum Gasteiger partial charge on any atom is -0.493 e. The molecule has 140 valence electrons. The van der Waals surface area contributed by atoms with Crippen LogP contribution < -0.4 is 14.8 Å². The molecule has 1 fully saturated rings. The fraction of sp³-hybridized carbons (Fsp3) is 0.588. The lowest BCUT2D eigenvalue weighted by molar-refractivity contribution is -0.125. The molecule has 1 aliphatic rings. The Morgan fingerprint density at radius 3 is 2.72 bits per heavy atom. The largest absolute Gasteiger partial charge is 0.493 e. The number of benzene rings is 1. The minimum atomic E-state index is -3.39. The maximum atomic E-state index is 12.5. The van der Waals surface area contributed by atoms with Crippen LogP contribution in [0.1, 0.15) is 31.7 Å². The van der Waals surface area contributed by atoms with Crippen molar-refractivity contribution >= 4 is 15.9 Å². The first-order chi connectivity index (χ1) is 11.9. The van der Waals surface area contributed by atoms with Crippen molar-refractivity contribution in [3.05, 3.63) is 23.8 Å². The predicted molar refractivity (Wildman–Crippen MR) is 95.2 cm³/mol. The average Bonchev–Trinajstić information content (AvgIpc) is 2.60. The fourth-order valence-corrected chi connectivity index (χ4v) is 4.09. The van der Waals surface area contributed by atoms with E-state index in [2.05, 4.69) is 5.32 Å². The van der Waals surface area contributed by atoms with Crippen LogP contribution in [0.5, 0.6) is 11.5 Å².